The molecule has 0 radical (unpaired) electrons. The highest BCUT2D eigenvalue weighted by Crippen LogP contribution is 2.41. The fourth-order valence-electron chi connectivity index (χ4n) is 5.16. The molecule has 2 aromatic carbocycles. The molecular weight excluding hydrogens is 484 g/mol. The molecule has 8 nitrogen and oxygen atoms in total. The minimum atomic E-state index is -0.603. The van der Waals surface area contributed by atoms with Gasteiger partial charge < -0.3 is 23.5 Å². The summed E-state index contributed by atoms with van der Waals surface area (Å²) in [5.74, 6) is 0.970. The lowest BCUT2D eigenvalue weighted by atomic mass is 9.97. The summed E-state index contributed by atoms with van der Waals surface area (Å²) in [4.78, 5) is 31.8. The van der Waals surface area contributed by atoms with Crippen LogP contribution in [-0.2, 0) is 4.74 Å². The molecule has 200 valence electrons. The van der Waals surface area contributed by atoms with Gasteiger partial charge in [-0.1, -0.05) is 18.7 Å². The summed E-state index contributed by atoms with van der Waals surface area (Å²) in [5, 5.41) is 0.482. The van der Waals surface area contributed by atoms with Crippen molar-refractivity contribution in [3.8, 4) is 11.5 Å². The van der Waals surface area contributed by atoms with Crippen molar-refractivity contribution in [1.29, 1.82) is 0 Å². The Hall–Kier alpha value is -3.62. The van der Waals surface area contributed by atoms with E-state index in [4.69, 9.17) is 18.6 Å². The summed E-state index contributed by atoms with van der Waals surface area (Å²) in [5.41, 5.74) is 3.39. The zero-order chi connectivity index (χ0) is 26.8. The van der Waals surface area contributed by atoms with Gasteiger partial charge in [-0.25, -0.2) is 0 Å². The zero-order valence-electron chi connectivity index (χ0n) is 22.2. The Morgan fingerprint density at radius 3 is 2.53 bits per heavy atom. The predicted octanol–water partition coefficient (Wildman–Crippen LogP) is 4.25. The van der Waals surface area contributed by atoms with Crippen LogP contribution in [0, 0.1) is 13.8 Å². The second kappa shape index (κ2) is 11.0. The molecule has 1 atom stereocenters. The Balaban J connectivity index is 1.62. The molecule has 1 aromatic heterocycles. The van der Waals surface area contributed by atoms with Gasteiger partial charge in [-0.15, -0.1) is 0 Å². The average molecular weight is 519 g/mol. The van der Waals surface area contributed by atoms with Gasteiger partial charge >= 0.3 is 0 Å². The standard InChI is InChI=1S/C30H34N2O6/c1-5-13-37-23-8-7-21(18-25(23)36-6-2)27-26-28(33)22-16-19(3)20(4)17-24(22)38-29(26)30(34)32(27)10-9-31-11-14-35-15-12-31/h5,7-8,16-18,27H,1,6,9-15H2,2-4H3. The predicted molar refractivity (Wildman–Crippen MR) is 145 cm³/mol. The van der Waals surface area contributed by atoms with Crippen LogP contribution in [0.5, 0.6) is 11.5 Å². The molecule has 0 aliphatic carbocycles. The molecule has 38 heavy (non-hydrogen) atoms. The molecule has 0 bridgehead atoms. The van der Waals surface area contributed by atoms with Crippen molar-refractivity contribution in [2.24, 2.45) is 0 Å². The van der Waals surface area contributed by atoms with Crippen molar-refractivity contribution in [2.75, 3.05) is 52.6 Å². The second-order valence-corrected chi connectivity index (χ2v) is 9.70. The maximum atomic E-state index is 14.0. The largest absolute Gasteiger partial charge is 0.490 e. The van der Waals surface area contributed by atoms with Gasteiger partial charge in [0.2, 0.25) is 5.76 Å². The van der Waals surface area contributed by atoms with Gasteiger partial charge in [0.25, 0.3) is 5.91 Å². The Labute approximate surface area is 222 Å². The van der Waals surface area contributed by atoms with Gasteiger partial charge in [-0.05, 0) is 61.7 Å². The third-order valence-electron chi connectivity index (χ3n) is 7.28. The van der Waals surface area contributed by atoms with Crippen molar-refractivity contribution in [3.63, 3.8) is 0 Å². The number of ether oxygens (including phenoxy) is 3. The summed E-state index contributed by atoms with van der Waals surface area (Å²) in [6.45, 7) is 14.4. The molecule has 1 fully saturated rings. The number of hydrogen-bond donors (Lipinski definition) is 0. The first-order valence-electron chi connectivity index (χ1n) is 13.1. The first-order valence-corrected chi connectivity index (χ1v) is 13.1. The number of carbonyl (C=O) groups excluding carboxylic acids is 1. The molecule has 5 rings (SSSR count). The second-order valence-electron chi connectivity index (χ2n) is 9.70. The Kier molecular flexibility index (Phi) is 7.53. The van der Waals surface area contributed by atoms with E-state index >= 15 is 0 Å². The molecule has 1 unspecified atom stereocenters. The van der Waals surface area contributed by atoms with Crippen molar-refractivity contribution < 1.29 is 23.4 Å². The number of amides is 1. The molecule has 8 heteroatoms. The highest BCUT2D eigenvalue weighted by molar-refractivity contribution is 5.99. The maximum absolute atomic E-state index is 14.0. The molecule has 3 heterocycles. The first-order chi connectivity index (χ1) is 18.4. The van der Waals surface area contributed by atoms with Crippen molar-refractivity contribution in [1.82, 2.24) is 9.80 Å². The minimum Gasteiger partial charge on any atom is -0.490 e. The number of aryl methyl sites for hydroxylation is 2. The van der Waals surface area contributed by atoms with Crippen LogP contribution in [0.4, 0.5) is 0 Å². The smallest absolute Gasteiger partial charge is 0.290 e. The highest BCUT2D eigenvalue weighted by atomic mass is 16.5. The van der Waals surface area contributed by atoms with Gasteiger partial charge in [-0.3, -0.25) is 14.5 Å². The summed E-state index contributed by atoms with van der Waals surface area (Å²) in [6.07, 6.45) is 1.67. The van der Waals surface area contributed by atoms with Gasteiger partial charge in [0, 0.05) is 26.2 Å². The summed E-state index contributed by atoms with van der Waals surface area (Å²) in [6, 6.07) is 8.66. The number of morpholine rings is 1. The van der Waals surface area contributed by atoms with E-state index in [0.29, 0.717) is 67.5 Å². The summed E-state index contributed by atoms with van der Waals surface area (Å²) >= 11 is 0. The minimum absolute atomic E-state index is 0.114. The fourth-order valence-corrected chi connectivity index (χ4v) is 5.16. The molecule has 2 aliphatic heterocycles. The van der Waals surface area contributed by atoms with Crippen molar-refractivity contribution >= 4 is 16.9 Å². The van der Waals surface area contributed by atoms with E-state index in [2.05, 4.69) is 11.5 Å². The van der Waals surface area contributed by atoms with Crippen LogP contribution in [-0.4, -0.2) is 68.3 Å². The van der Waals surface area contributed by atoms with Crippen molar-refractivity contribution in [3.05, 3.63) is 81.2 Å². The molecule has 3 aromatic rings. The van der Waals surface area contributed by atoms with E-state index in [-0.39, 0.29) is 17.1 Å². The van der Waals surface area contributed by atoms with E-state index in [9.17, 15) is 9.59 Å². The molecule has 0 N–H and O–H groups in total. The van der Waals surface area contributed by atoms with Crippen LogP contribution in [0.2, 0.25) is 0 Å². The Morgan fingerprint density at radius 1 is 1.03 bits per heavy atom. The molecule has 0 saturated carbocycles. The van der Waals surface area contributed by atoms with Crippen LogP contribution in [0.3, 0.4) is 0 Å². The Bertz CT molecular complexity index is 1420. The third-order valence-corrected chi connectivity index (χ3v) is 7.28. The monoisotopic (exact) mass is 518 g/mol. The van der Waals surface area contributed by atoms with E-state index in [1.54, 1.807) is 11.0 Å². The van der Waals surface area contributed by atoms with Crippen LogP contribution in [0.25, 0.3) is 11.0 Å². The first kappa shape index (κ1) is 26.0. The lowest BCUT2D eigenvalue weighted by molar-refractivity contribution is 0.0314. The topological polar surface area (TPSA) is 81.5 Å². The SMILES string of the molecule is C=CCOc1ccc(C2c3c(oc4cc(C)c(C)cc4c3=O)C(=O)N2CCN2CCOCC2)cc1OCC. The molecule has 1 saturated heterocycles. The zero-order valence-corrected chi connectivity index (χ0v) is 22.2. The fraction of sp³-hybridized carbons (Fsp3) is 0.400. The van der Waals surface area contributed by atoms with Gasteiger partial charge in [-0.2, -0.15) is 0 Å². The number of nitrogens with zero attached hydrogens (tertiary/aromatic N) is 2. The third kappa shape index (κ3) is 4.81. The molecule has 2 aliphatic rings. The normalized spacial score (nSPS) is 17.6. The molecule has 0 spiro atoms. The molecular formula is C30H34N2O6. The Morgan fingerprint density at radius 2 is 1.79 bits per heavy atom. The summed E-state index contributed by atoms with van der Waals surface area (Å²) in [7, 11) is 0. The lowest BCUT2D eigenvalue weighted by Gasteiger charge is -2.31. The number of fused-ring (bicyclic) bond motifs is 2. The van der Waals surface area contributed by atoms with E-state index in [1.807, 2.05) is 51.1 Å². The van der Waals surface area contributed by atoms with Gasteiger partial charge in [0.1, 0.15) is 12.2 Å². The maximum Gasteiger partial charge on any atom is 0.290 e. The average Bonchev–Trinajstić information content (AvgIpc) is 3.20. The van der Waals surface area contributed by atoms with Gasteiger partial charge in [0.05, 0.1) is 36.8 Å². The van der Waals surface area contributed by atoms with E-state index in [0.717, 1.165) is 29.8 Å². The van der Waals surface area contributed by atoms with Crippen molar-refractivity contribution in [2.45, 2.75) is 26.8 Å². The highest BCUT2D eigenvalue weighted by Gasteiger charge is 2.43. The van der Waals surface area contributed by atoms with Crippen LogP contribution in [0.15, 0.2) is 52.2 Å². The van der Waals surface area contributed by atoms with Crippen LogP contribution >= 0.6 is 0 Å². The quantitative estimate of drug-likeness (QED) is 0.392. The number of hydrogen-bond acceptors (Lipinski definition) is 7. The number of rotatable bonds is 9. The number of benzene rings is 2. The lowest BCUT2D eigenvalue weighted by Crippen LogP contribution is -2.42. The van der Waals surface area contributed by atoms with E-state index < -0.39 is 6.04 Å². The number of carbonyl (C=O) groups is 1. The summed E-state index contributed by atoms with van der Waals surface area (Å²) < 4.78 is 23.3. The van der Waals surface area contributed by atoms with E-state index in [1.165, 1.54) is 0 Å². The van der Waals surface area contributed by atoms with Crippen LogP contribution < -0.4 is 14.9 Å². The molecule has 1 amide bonds. The van der Waals surface area contributed by atoms with Gasteiger partial charge in [0.15, 0.2) is 16.9 Å². The van der Waals surface area contributed by atoms with Crippen LogP contribution in [0.1, 0.15) is 45.8 Å².